The maximum absolute atomic E-state index is 11.9. The van der Waals surface area contributed by atoms with Crippen molar-refractivity contribution in [3.05, 3.63) is 35.9 Å². The molecule has 1 aromatic carbocycles. The molecule has 2 rings (SSSR count). The Bertz CT molecular complexity index is 483. The van der Waals surface area contributed by atoms with E-state index in [2.05, 4.69) is 20.8 Å². The number of carbonyl (C=O) groups excluding carboxylic acids is 1. The Labute approximate surface area is 133 Å². The Balaban J connectivity index is 2.00. The minimum absolute atomic E-state index is 0.0654. The topological polar surface area (TPSA) is 46.5 Å². The number of carbonyl (C=O) groups is 1. The molecule has 122 valence electrons. The fourth-order valence-electron chi connectivity index (χ4n) is 3.77. The molecule has 0 aromatic heterocycles. The highest BCUT2D eigenvalue weighted by Gasteiger charge is 2.51. The third kappa shape index (κ3) is 3.26. The zero-order chi connectivity index (χ0) is 16.2. The van der Waals surface area contributed by atoms with Crippen molar-refractivity contribution in [3.8, 4) is 0 Å². The van der Waals surface area contributed by atoms with Crippen LogP contribution in [-0.2, 0) is 9.53 Å². The van der Waals surface area contributed by atoms with E-state index in [1.54, 1.807) is 0 Å². The minimum Gasteiger partial charge on any atom is -0.386 e. The van der Waals surface area contributed by atoms with Crippen LogP contribution in [0.2, 0.25) is 0 Å². The van der Waals surface area contributed by atoms with E-state index in [1.807, 2.05) is 30.3 Å². The van der Waals surface area contributed by atoms with E-state index in [1.165, 1.54) is 0 Å². The van der Waals surface area contributed by atoms with E-state index in [0.717, 1.165) is 31.1 Å². The normalized spacial score (nSPS) is 29.0. The maximum Gasteiger partial charge on any atom is 0.129 e. The molecule has 0 bridgehead atoms. The first-order chi connectivity index (χ1) is 10.4. The summed E-state index contributed by atoms with van der Waals surface area (Å²) in [7, 11) is 0. The van der Waals surface area contributed by atoms with Crippen molar-refractivity contribution in [2.75, 3.05) is 13.2 Å². The Hall–Kier alpha value is -1.19. The summed E-state index contributed by atoms with van der Waals surface area (Å²) in [6, 6.07) is 9.49. The second kappa shape index (κ2) is 6.93. The maximum atomic E-state index is 11.9. The van der Waals surface area contributed by atoms with E-state index in [4.69, 9.17) is 4.74 Å². The van der Waals surface area contributed by atoms with Crippen LogP contribution < -0.4 is 0 Å². The molecular formula is C19H28O3. The number of hydrogen-bond acceptors (Lipinski definition) is 3. The van der Waals surface area contributed by atoms with Gasteiger partial charge in [-0.3, -0.25) is 0 Å². The molecule has 0 heterocycles. The lowest BCUT2D eigenvalue weighted by atomic mass is 9.54. The number of aliphatic hydroxyl groups is 1. The Kier molecular flexibility index (Phi) is 5.41. The fraction of sp³-hybridized carbons (Fsp3) is 0.632. The van der Waals surface area contributed by atoms with Crippen LogP contribution in [0, 0.1) is 16.7 Å². The molecule has 0 spiro atoms. The van der Waals surface area contributed by atoms with Crippen molar-refractivity contribution in [1.29, 1.82) is 0 Å². The summed E-state index contributed by atoms with van der Waals surface area (Å²) in [6.07, 6.45) is 3.72. The first kappa shape index (κ1) is 17.2. The zero-order valence-corrected chi connectivity index (χ0v) is 13.9. The highest BCUT2D eigenvalue weighted by atomic mass is 16.5. The van der Waals surface area contributed by atoms with Crippen LogP contribution in [0.1, 0.15) is 51.7 Å². The van der Waals surface area contributed by atoms with Gasteiger partial charge in [0.2, 0.25) is 0 Å². The summed E-state index contributed by atoms with van der Waals surface area (Å²) in [6.45, 7) is 7.07. The molecule has 1 aliphatic carbocycles. The molecule has 1 fully saturated rings. The third-order valence-corrected chi connectivity index (χ3v) is 5.59. The summed E-state index contributed by atoms with van der Waals surface area (Å²) in [5.41, 5.74) is 0.324. The summed E-state index contributed by atoms with van der Waals surface area (Å²) >= 11 is 0. The van der Waals surface area contributed by atoms with Gasteiger partial charge in [-0.05, 0) is 29.7 Å². The van der Waals surface area contributed by atoms with E-state index in [-0.39, 0.29) is 12.0 Å². The molecule has 1 saturated carbocycles. The minimum atomic E-state index is -0.646. The average Bonchev–Trinajstić information content (AvgIpc) is 2.50. The Morgan fingerprint density at radius 1 is 1.36 bits per heavy atom. The van der Waals surface area contributed by atoms with Crippen LogP contribution in [0.3, 0.4) is 0 Å². The lowest BCUT2D eigenvalue weighted by Crippen LogP contribution is -2.50. The molecule has 0 aliphatic heterocycles. The van der Waals surface area contributed by atoms with Gasteiger partial charge in [-0.15, -0.1) is 0 Å². The monoisotopic (exact) mass is 304 g/mol. The molecule has 0 saturated heterocycles. The van der Waals surface area contributed by atoms with Gasteiger partial charge in [0, 0.05) is 0 Å². The number of rotatable bonds is 6. The van der Waals surface area contributed by atoms with Crippen molar-refractivity contribution in [3.63, 3.8) is 0 Å². The van der Waals surface area contributed by atoms with E-state index >= 15 is 0 Å². The average molecular weight is 304 g/mol. The largest absolute Gasteiger partial charge is 0.386 e. The van der Waals surface area contributed by atoms with Crippen LogP contribution >= 0.6 is 0 Å². The summed E-state index contributed by atoms with van der Waals surface area (Å²) in [5.74, 6) is 0.308. The molecule has 3 heteroatoms. The van der Waals surface area contributed by atoms with Gasteiger partial charge in [-0.1, -0.05) is 57.5 Å². The van der Waals surface area contributed by atoms with E-state index in [0.29, 0.717) is 12.5 Å². The number of aldehydes is 1. The molecular weight excluding hydrogens is 276 g/mol. The van der Waals surface area contributed by atoms with Gasteiger partial charge in [-0.2, -0.15) is 0 Å². The number of benzene rings is 1. The highest BCUT2D eigenvalue weighted by molar-refractivity contribution is 5.62. The predicted octanol–water partition coefficient (Wildman–Crippen LogP) is 3.77. The standard InChI is InChI=1S/C19H28O3/c1-15-8-7-11-18(2,3)19(15,13-20)14-22-12-17(21)16-9-5-4-6-10-16/h4-6,9-10,13,15,17,21H,7-8,11-12,14H2,1-3H3. The van der Waals surface area contributed by atoms with Gasteiger partial charge < -0.3 is 14.6 Å². The molecule has 3 atom stereocenters. The third-order valence-electron chi connectivity index (χ3n) is 5.59. The summed E-state index contributed by atoms with van der Waals surface area (Å²) < 4.78 is 5.81. The van der Waals surface area contributed by atoms with Gasteiger partial charge in [0.15, 0.2) is 0 Å². The molecule has 22 heavy (non-hydrogen) atoms. The molecule has 0 amide bonds. The van der Waals surface area contributed by atoms with Crippen LogP contribution in [0.4, 0.5) is 0 Å². The number of hydrogen-bond donors (Lipinski definition) is 1. The van der Waals surface area contributed by atoms with Crippen molar-refractivity contribution >= 4 is 6.29 Å². The lowest BCUT2D eigenvalue weighted by molar-refractivity contribution is -0.144. The van der Waals surface area contributed by atoms with E-state index < -0.39 is 11.5 Å². The molecule has 1 aromatic rings. The fourth-order valence-corrected chi connectivity index (χ4v) is 3.77. The molecule has 3 unspecified atom stereocenters. The van der Waals surface area contributed by atoms with Crippen LogP contribution in [-0.4, -0.2) is 24.6 Å². The van der Waals surface area contributed by atoms with Gasteiger partial charge >= 0.3 is 0 Å². The molecule has 3 nitrogen and oxygen atoms in total. The lowest BCUT2D eigenvalue weighted by Gasteiger charge is -2.50. The SMILES string of the molecule is CC1CCCC(C)(C)C1(C=O)COCC(O)c1ccccc1. The summed E-state index contributed by atoms with van der Waals surface area (Å²) in [4.78, 5) is 11.9. The molecule has 0 radical (unpaired) electrons. The van der Waals surface area contributed by atoms with Crippen molar-refractivity contribution < 1.29 is 14.6 Å². The van der Waals surface area contributed by atoms with Crippen molar-refractivity contribution in [1.82, 2.24) is 0 Å². The van der Waals surface area contributed by atoms with Crippen LogP contribution in [0.15, 0.2) is 30.3 Å². The van der Waals surface area contributed by atoms with Crippen LogP contribution in [0.5, 0.6) is 0 Å². The highest BCUT2D eigenvalue weighted by Crippen LogP contribution is 2.52. The zero-order valence-electron chi connectivity index (χ0n) is 13.9. The van der Waals surface area contributed by atoms with Gasteiger partial charge in [0.25, 0.3) is 0 Å². The first-order valence-corrected chi connectivity index (χ1v) is 8.20. The van der Waals surface area contributed by atoms with Crippen LogP contribution in [0.25, 0.3) is 0 Å². The molecule has 1 N–H and O–H groups in total. The van der Waals surface area contributed by atoms with Crippen molar-refractivity contribution in [2.45, 2.75) is 46.1 Å². The van der Waals surface area contributed by atoms with Gasteiger partial charge in [0.05, 0.1) is 18.6 Å². The second-order valence-corrected chi connectivity index (χ2v) is 7.28. The van der Waals surface area contributed by atoms with Gasteiger partial charge in [-0.25, -0.2) is 0 Å². The van der Waals surface area contributed by atoms with E-state index in [9.17, 15) is 9.90 Å². The number of ether oxygens (including phenoxy) is 1. The number of aliphatic hydroxyl groups excluding tert-OH is 1. The van der Waals surface area contributed by atoms with Gasteiger partial charge in [0.1, 0.15) is 12.4 Å². The smallest absolute Gasteiger partial charge is 0.129 e. The predicted molar refractivity (Wildman–Crippen MR) is 87.5 cm³/mol. The Morgan fingerprint density at radius 3 is 2.64 bits per heavy atom. The molecule has 1 aliphatic rings. The second-order valence-electron chi connectivity index (χ2n) is 7.28. The summed E-state index contributed by atoms with van der Waals surface area (Å²) in [5, 5.41) is 10.2. The van der Waals surface area contributed by atoms with Crippen molar-refractivity contribution in [2.24, 2.45) is 16.7 Å². The Morgan fingerprint density at radius 2 is 2.05 bits per heavy atom. The quantitative estimate of drug-likeness (QED) is 0.814. The first-order valence-electron chi connectivity index (χ1n) is 8.20.